The average molecular weight is 438 g/mol. The number of nitrogens with one attached hydrogen (secondary N) is 2. The van der Waals surface area contributed by atoms with E-state index in [4.69, 9.17) is 17.0 Å². The van der Waals surface area contributed by atoms with Gasteiger partial charge in [0.25, 0.3) is 5.91 Å². The van der Waals surface area contributed by atoms with Gasteiger partial charge in [0, 0.05) is 36.5 Å². The number of amides is 1. The first kappa shape index (κ1) is 20.3. The molecule has 0 atom stereocenters. The maximum atomic E-state index is 12.2. The predicted octanol–water partition coefficient (Wildman–Crippen LogP) is 3.49. The molecule has 3 aromatic rings. The molecule has 30 heavy (non-hydrogen) atoms. The molecule has 9 heteroatoms. The number of benzene rings is 2. The molecule has 1 amide bonds. The maximum absolute atomic E-state index is 12.2. The van der Waals surface area contributed by atoms with Crippen LogP contribution in [0, 0.1) is 0 Å². The van der Waals surface area contributed by atoms with E-state index in [-0.39, 0.29) is 11.0 Å². The first-order valence-corrected chi connectivity index (χ1v) is 10.4. The zero-order valence-corrected chi connectivity index (χ0v) is 17.8. The highest BCUT2D eigenvalue weighted by molar-refractivity contribution is 7.99. The topological polar surface area (TPSA) is 79.4 Å². The number of carbonyl (C=O) groups is 1. The molecule has 7 nitrogen and oxygen atoms in total. The Morgan fingerprint density at radius 3 is 2.77 bits per heavy atom. The van der Waals surface area contributed by atoms with Crippen molar-refractivity contribution in [3.05, 3.63) is 72.1 Å². The monoisotopic (exact) mass is 437 g/mol. The minimum Gasteiger partial charge on any atom is -0.364 e. The van der Waals surface area contributed by atoms with Gasteiger partial charge in [-0.05, 0) is 42.0 Å². The normalized spacial score (nSPS) is 12.0. The summed E-state index contributed by atoms with van der Waals surface area (Å²) in [4.78, 5) is 24.2. The molecule has 0 unspecified atom stereocenters. The molecule has 0 aliphatic carbocycles. The minimum absolute atomic E-state index is 0.239. The number of carbonyl (C=O) groups excluding carboxylic acids is 1. The largest absolute Gasteiger partial charge is 0.364 e. The summed E-state index contributed by atoms with van der Waals surface area (Å²) in [5, 5.41) is 6.91. The second kappa shape index (κ2) is 9.21. The summed E-state index contributed by atoms with van der Waals surface area (Å²) in [5.74, 6) is 0.531. The first-order valence-electron chi connectivity index (χ1n) is 9.18. The fraction of sp³-hybridized carbons (Fsp3) is 0.143. The lowest BCUT2D eigenvalue weighted by Gasteiger charge is -2.30. The molecule has 2 N–H and O–H groups in total. The Morgan fingerprint density at radius 1 is 1.17 bits per heavy atom. The molecule has 1 aliphatic heterocycles. The van der Waals surface area contributed by atoms with Crippen molar-refractivity contribution < 1.29 is 9.53 Å². The summed E-state index contributed by atoms with van der Waals surface area (Å²) in [6, 6.07) is 15.1. The van der Waals surface area contributed by atoms with Crippen LogP contribution in [0.4, 0.5) is 11.5 Å². The molecule has 0 saturated carbocycles. The van der Waals surface area contributed by atoms with Crippen molar-refractivity contribution in [3.8, 4) is 0 Å². The van der Waals surface area contributed by atoms with Crippen LogP contribution in [0.5, 0.6) is 0 Å². The highest BCUT2D eigenvalue weighted by Gasteiger charge is 2.25. The number of nitrogens with zero attached hydrogens (tertiary/aromatic N) is 3. The molecule has 0 bridgehead atoms. The second-order valence-corrected chi connectivity index (χ2v) is 7.88. The van der Waals surface area contributed by atoms with Crippen molar-refractivity contribution >= 4 is 46.5 Å². The van der Waals surface area contributed by atoms with Crippen LogP contribution in [0.15, 0.2) is 70.8 Å². The third-order valence-electron chi connectivity index (χ3n) is 4.40. The first-order chi connectivity index (χ1) is 14.7. The number of thiocarbonyl (C=S) groups is 1. The van der Waals surface area contributed by atoms with Gasteiger partial charge in [-0.3, -0.25) is 15.0 Å². The van der Waals surface area contributed by atoms with Gasteiger partial charge in [0.2, 0.25) is 0 Å². The molecule has 0 saturated heterocycles. The molecule has 0 spiro atoms. The smallest absolute Gasteiger partial charge is 0.257 e. The number of rotatable bonds is 5. The number of hydrogen-bond acceptors (Lipinski definition) is 7. The van der Waals surface area contributed by atoms with E-state index in [0.717, 1.165) is 27.0 Å². The molecule has 2 aromatic carbocycles. The molecule has 4 rings (SSSR count). The van der Waals surface area contributed by atoms with Crippen LogP contribution in [0.25, 0.3) is 0 Å². The lowest BCUT2D eigenvalue weighted by molar-refractivity contribution is 0.0976. The standard InChI is InChI=1S/C21H19N5O2S2/c1-28-13-26-16-11-14(7-8-17(16)30-20-18(26)22-9-10-23-20)12-24-21(29)25-19(27)15-5-3-2-4-6-15/h2-11H,12-13H2,1H3,(H2,24,25,27,29). The van der Waals surface area contributed by atoms with Gasteiger partial charge in [-0.25, -0.2) is 9.97 Å². The summed E-state index contributed by atoms with van der Waals surface area (Å²) >= 11 is 6.85. The van der Waals surface area contributed by atoms with Gasteiger partial charge in [-0.2, -0.15) is 0 Å². The fourth-order valence-corrected chi connectivity index (χ4v) is 4.17. The summed E-state index contributed by atoms with van der Waals surface area (Å²) in [7, 11) is 1.65. The zero-order valence-electron chi connectivity index (χ0n) is 16.2. The molecule has 1 aromatic heterocycles. The Morgan fingerprint density at radius 2 is 1.97 bits per heavy atom. The summed E-state index contributed by atoms with van der Waals surface area (Å²) in [6.45, 7) is 0.835. The quantitative estimate of drug-likeness (QED) is 0.588. The van der Waals surface area contributed by atoms with Crippen LogP contribution in [-0.4, -0.2) is 34.8 Å². The number of methoxy groups -OCH3 is 1. The van der Waals surface area contributed by atoms with Crippen LogP contribution in [0.2, 0.25) is 0 Å². The van der Waals surface area contributed by atoms with Gasteiger partial charge < -0.3 is 10.1 Å². The van der Waals surface area contributed by atoms with E-state index in [0.29, 0.717) is 18.8 Å². The highest BCUT2D eigenvalue weighted by atomic mass is 32.2. The van der Waals surface area contributed by atoms with E-state index in [9.17, 15) is 4.79 Å². The Balaban J connectivity index is 1.45. The number of fused-ring (bicyclic) bond motifs is 2. The lowest BCUT2D eigenvalue weighted by Crippen LogP contribution is -2.38. The van der Waals surface area contributed by atoms with Crippen molar-refractivity contribution in [2.75, 3.05) is 18.7 Å². The van der Waals surface area contributed by atoms with Crippen LogP contribution < -0.4 is 15.5 Å². The van der Waals surface area contributed by atoms with Gasteiger partial charge in [-0.15, -0.1) is 0 Å². The summed E-state index contributed by atoms with van der Waals surface area (Å²) < 4.78 is 5.38. The minimum atomic E-state index is -0.239. The summed E-state index contributed by atoms with van der Waals surface area (Å²) in [5.41, 5.74) is 2.56. The van der Waals surface area contributed by atoms with Gasteiger partial charge in [0.1, 0.15) is 11.8 Å². The van der Waals surface area contributed by atoms with Crippen molar-refractivity contribution in [1.29, 1.82) is 0 Å². The fourth-order valence-electron chi connectivity index (χ4n) is 3.01. The van der Waals surface area contributed by atoms with E-state index >= 15 is 0 Å². The van der Waals surface area contributed by atoms with E-state index in [1.807, 2.05) is 35.2 Å². The van der Waals surface area contributed by atoms with E-state index < -0.39 is 0 Å². The van der Waals surface area contributed by atoms with E-state index in [1.165, 1.54) is 0 Å². The van der Waals surface area contributed by atoms with Crippen molar-refractivity contribution in [3.63, 3.8) is 0 Å². The Labute approximate surface area is 183 Å². The number of anilines is 2. The third-order valence-corrected chi connectivity index (χ3v) is 5.69. The average Bonchev–Trinajstić information content (AvgIpc) is 2.78. The van der Waals surface area contributed by atoms with Crippen LogP contribution in [0.3, 0.4) is 0 Å². The van der Waals surface area contributed by atoms with Crippen LogP contribution >= 0.6 is 24.0 Å². The van der Waals surface area contributed by atoms with Crippen molar-refractivity contribution in [2.24, 2.45) is 0 Å². The molecule has 152 valence electrons. The molecule has 0 fully saturated rings. The lowest BCUT2D eigenvalue weighted by atomic mass is 10.2. The molecule has 2 heterocycles. The van der Waals surface area contributed by atoms with Crippen molar-refractivity contribution in [1.82, 2.24) is 20.6 Å². The Kier molecular flexibility index (Phi) is 6.22. The highest BCUT2D eigenvalue weighted by Crippen LogP contribution is 2.46. The molecule has 0 radical (unpaired) electrons. The van der Waals surface area contributed by atoms with Crippen molar-refractivity contribution in [2.45, 2.75) is 16.5 Å². The van der Waals surface area contributed by atoms with E-state index in [1.54, 1.807) is 43.4 Å². The second-order valence-electron chi connectivity index (χ2n) is 6.44. The molecular formula is C21H19N5O2S2. The van der Waals surface area contributed by atoms with E-state index in [2.05, 4.69) is 26.7 Å². The number of ether oxygens (including phenoxy) is 1. The molecular weight excluding hydrogens is 418 g/mol. The maximum Gasteiger partial charge on any atom is 0.257 e. The van der Waals surface area contributed by atoms with Crippen LogP contribution in [0.1, 0.15) is 15.9 Å². The van der Waals surface area contributed by atoms with Gasteiger partial charge >= 0.3 is 0 Å². The van der Waals surface area contributed by atoms with Gasteiger partial charge in [-0.1, -0.05) is 36.0 Å². The molecule has 1 aliphatic rings. The van der Waals surface area contributed by atoms with Crippen LogP contribution in [-0.2, 0) is 11.3 Å². The SMILES string of the molecule is COCN1c2cc(CNC(=S)NC(=O)c3ccccc3)ccc2Sc2nccnc21. The zero-order chi connectivity index (χ0) is 20.9. The van der Waals surface area contributed by atoms with Gasteiger partial charge in [0.05, 0.1) is 5.69 Å². The third kappa shape index (κ3) is 4.43. The number of aromatic nitrogens is 2. The summed E-state index contributed by atoms with van der Waals surface area (Å²) in [6.07, 6.45) is 3.36. The Hall–Kier alpha value is -3.01. The van der Waals surface area contributed by atoms with Gasteiger partial charge in [0.15, 0.2) is 10.9 Å². The Bertz CT molecular complexity index is 1080. The predicted molar refractivity (Wildman–Crippen MR) is 120 cm³/mol. The number of hydrogen-bond donors (Lipinski definition) is 2.